The van der Waals surface area contributed by atoms with Crippen LogP contribution in [0.3, 0.4) is 0 Å². The standard InChI is InChI=1S/C30H37NO5/c1-19-26(35-4)15-23(16-27(19)36-5)28(32)24(14-20-12-21-8-6-7-9-22(21)13-20)17-31-11-10-25(18-31)30(2,3)29(33)34/h6-11,15-16,18,20,24,28,32H,12-14,17H2,1-5H3,(H,33,34)/t24-,28-/m1/s1. The number of aliphatic hydroxyl groups excluding tert-OH is 1. The van der Waals surface area contributed by atoms with E-state index in [0.717, 1.165) is 36.0 Å². The predicted octanol–water partition coefficient (Wildman–Crippen LogP) is 5.33. The number of carbonyl (C=O) groups is 1. The number of nitrogens with zero attached hydrogens (tertiary/aromatic N) is 1. The van der Waals surface area contributed by atoms with Gasteiger partial charge in [-0.25, -0.2) is 0 Å². The molecule has 3 aromatic rings. The van der Waals surface area contributed by atoms with Gasteiger partial charge in [0.05, 0.1) is 25.7 Å². The lowest BCUT2D eigenvalue weighted by Crippen LogP contribution is -2.28. The van der Waals surface area contributed by atoms with E-state index in [1.165, 1.54) is 11.1 Å². The van der Waals surface area contributed by atoms with Crippen LogP contribution in [0, 0.1) is 18.8 Å². The second-order valence-electron chi connectivity index (χ2n) is 10.6. The molecule has 1 aliphatic carbocycles. The molecule has 1 aliphatic rings. The smallest absolute Gasteiger partial charge is 0.313 e. The van der Waals surface area contributed by atoms with Gasteiger partial charge in [0.15, 0.2) is 0 Å². The number of fused-ring (bicyclic) bond motifs is 1. The minimum absolute atomic E-state index is 0.0883. The molecule has 0 saturated heterocycles. The number of aliphatic hydroxyl groups is 1. The molecule has 0 amide bonds. The highest BCUT2D eigenvalue weighted by molar-refractivity contribution is 5.80. The second-order valence-corrected chi connectivity index (χ2v) is 10.6. The summed E-state index contributed by atoms with van der Waals surface area (Å²) in [7, 11) is 3.24. The Bertz CT molecular complexity index is 1180. The van der Waals surface area contributed by atoms with Gasteiger partial charge in [0, 0.05) is 30.4 Å². The number of hydrogen-bond acceptors (Lipinski definition) is 4. The molecule has 0 radical (unpaired) electrons. The fraction of sp³-hybridized carbons (Fsp3) is 0.433. The summed E-state index contributed by atoms with van der Waals surface area (Å²) < 4.78 is 13.1. The molecule has 0 fully saturated rings. The van der Waals surface area contributed by atoms with E-state index in [1.54, 1.807) is 28.1 Å². The maximum atomic E-state index is 11.8. The maximum absolute atomic E-state index is 11.8. The van der Waals surface area contributed by atoms with E-state index in [-0.39, 0.29) is 5.92 Å². The molecule has 4 rings (SSSR count). The SMILES string of the molecule is COc1cc([C@@H](O)[C@H](CC2Cc3ccccc3C2)Cn2ccc(C(C)(C)C(=O)O)c2)cc(OC)c1C. The van der Waals surface area contributed by atoms with Gasteiger partial charge in [-0.3, -0.25) is 4.79 Å². The Balaban J connectivity index is 1.63. The van der Waals surface area contributed by atoms with Crippen molar-refractivity contribution < 1.29 is 24.5 Å². The summed E-state index contributed by atoms with van der Waals surface area (Å²) in [5.74, 6) is 0.847. The zero-order valence-electron chi connectivity index (χ0n) is 21.8. The van der Waals surface area contributed by atoms with E-state index in [4.69, 9.17) is 9.47 Å². The van der Waals surface area contributed by atoms with Gasteiger partial charge >= 0.3 is 5.97 Å². The van der Waals surface area contributed by atoms with Crippen LogP contribution in [0.25, 0.3) is 0 Å². The largest absolute Gasteiger partial charge is 0.496 e. The van der Waals surface area contributed by atoms with Crippen LogP contribution in [-0.4, -0.2) is 35.0 Å². The minimum Gasteiger partial charge on any atom is -0.496 e. The van der Waals surface area contributed by atoms with Crippen molar-refractivity contribution >= 4 is 5.97 Å². The first kappa shape index (κ1) is 25.8. The van der Waals surface area contributed by atoms with Crippen LogP contribution in [0.2, 0.25) is 0 Å². The molecule has 6 heteroatoms. The van der Waals surface area contributed by atoms with Gasteiger partial charge < -0.3 is 24.3 Å². The van der Waals surface area contributed by atoms with E-state index >= 15 is 0 Å². The maximum Gasteiger partial charge on any atom is 0.313 e. The second kappa shape index (κ2) is 10.4. The molecule has 0 saturated carbocycles. The van der Waals surface area contributed by atoms with Gasteiger partial charge in [0.1, 0.15) is 11.5 Å². The Kier molecular flexibility index (Phi) is 7.46. The van der Waals surface area contributed by atoms with Crippen molar-refractivity contribution in [1.82, 2.24) is 4.57 Å². The molecular formula is C30H37NO5. The zero-order chi connectivity index (χ0) is 26.0. The van der Waals surface area contributed by atoms with Crippen LogP contribution >= 0.6 is 0 Å². The molecule has 0 bridgehead atoms. The summed E-state index contributed by atoms with van der Waals surface area (Å²) in [6, 6.07) is 14.2. The molecule has 2 atom stereocenters. The fourth-order valence-electron chi connectivity index (χ4n) is 5.42. The van der Waals surface area contributed by atoms with E-state index in [0.29, 0.717) is 24.0 Å². The minimum atomic E-state index is -0.982. The van der Waals surface area contributed by atoms with Crippen molar-refractivity contribution in [3.05, 3.63) is 82.7 Å². The van der Waals surface area contributed by atoms with Crippen LogP contribution in [0.5, 0.6) is 11.5 Å². The first-order chi connectivity index (χ1) is 17.1. The van der Waals surface area contributed by atoms with Crippen LogP contribution in [-0.2, 0) is 29.6 Å². The molecule has 1 aromatic heterocycles. The number of aliphatic carboxylic acids is 1. The number of hydrogen-bond donors (Lipinski definition) is 2. The summed E-state index contributed by atoms with van der Waals surface area (Å²) in [6.07, 6.45) is 5.92. The van der Waals surface area contributed by atoms with Crippen molar-refractivity contribution in [3.8, 4) is 11.5 Å². The van der Waals surface area contributed by atoms with Crippen LogP contribution < -0.4 is 9.47 Å². The van der Waals surface area contributed by atoms with Crippen molar-refractivity contribution in [2.45, 2.75) is 58.1 Å². The van der Waals surface area contributed by atoms with Crippen molar-refractivity contribution in [2.24, 2.45) is 11.8 Å². The molecule has 36 heavy (non-hydrogen) atoms. The van der Waals surface area contributed by atoms with Crippen molar-refractivity contribution in [1.29, 1.82) is 0 Å². The van der Waals surface area contributed by atoms with Gasteiger partial charge in [-0.2, -0.15) is 0 Å². The quantitative estimate of drug-likeness (QED) is 0.401. The summed E-state index contributed by atoms with van der Waals surface area (Å²) in [6.45, 7) is 5.93. The number of methoxy groups -OCH3 is 2. The summed E-state index contributed by atoms with van der Waals surface area (Å²) in [5.41, 5.74) is 4.19. The number of benzene rings is 2. The van der Waals surface area contributed by atoms with E-state index in [9.17, 15) is 15.0 Å². The fourth-order valence-corrected chi connectivity index (χ4v) is 5.42. The molecule has 6 nitrogen and oxygen atoms in total. The van der Waals surface area contributed by atoms with E-state index < -0.39 is 17.5 Å². The number of rotatable bonds is 10. The van der Waals surface area contributed by atoms with Crippen molar-refractivity contribution in [3.63, 3.8) is 0 Å². The Labute approximate surface area is 213 Å². The molecule has 0 unspecified atom stereocenters. The highest BCUT2D eigenvalue weighted by Gasteiger charge is 2.32. The third kappa shape index (κ3) is 5.14. The van der Waals surface area contributed by atoms with Crippen LogP contribution in [0.4, 0.5) is 0 Å². The van der Waals surface area contributed by atoms with Gasteiger partial charge in [0.25, 0.3) is 0 Å². The molecule has 192 valence electrons. The number of carboxylic acid groups (broad SMARTS) is 1. The zero-order valence-corrected chi connectivity index (χ0v) is 21.8. The van der Waals surface area contributed by atoms with Crippen LogP contribution in [0.15, 0.2) is 54.9 Å². The van der Waals surface area contributed by atoms with E-state index in [1.807, 2.05) is 42.1 Å². The normalized spacial score (nSPS) is 15.4. The topological polar surface area (TPSA) is 80.9 Å². The molecule has 2 N–H and O–H groups in total. The lowest BCUT2D eigenvalue weighted by Gasteiger charge is -2.27. The van der Waals surface area contributed by atoms with Crippen LogP contribution in [0.1, 0.15) is 54.2 Å². The molecule has 0 aliphatic heterocycles. The van der Waals surface area contributed by atoms with Gasteiger partial charge in [-0.05, 0) is 86.4 Å². The average Bonchev–Trinajstić information content (AvgIpc) is 3.50. The molecule has 1 heterocycles. The Morgan fingerprint density at radius 2 is 1.67 bits per heavy atom. The Morgan fingerprint density at radius 3 is 2.19 bits per heavy atom. The third-order valence-corrected chi connectivity index (χ3v) is 7.79. The highest BCUT2D eigenvalue weighted by Crippen LogP contribution is 2.39. The molecule has 2 aromatic carbocycles. The monoisotopic (exact) mass is 491 g/mol. The Morgan fingerprint density at radius 1 is 1.08 bits per heavy atom. The number of aromatic nitrogens is 1. The van der Waals surface area contributed by atoms with E-state index in [2.05, 4.69) is 24.3 Å². The highest BCUT2D eigenvalue weighted by atomic mass is 16.5. The summed E-state index contributed by atoms with van der Waals surface area (Å²) >= 11 is 0. The third-order valence-electron chi connectivity index (χ3n) is 7.79. The summed E-state index contributed by atoms with van der Waals surface area (Å²) in [4.78, 5) is 11.8. The first-order valence-electron chi connectivity index (χ1n) is 12.5. The van der Waals surface area contributed by atoms with Gasteiger partial charge in [0.2, 0.25) is 0 Å². The molecule has 0 spiro atoms. The molecular weight excluding hydrogens is 454 g/mol. The number of ether oxygens (including phenoxy) is 2. The van der Waals surface area contributed by atoms with Gasteiger partial charge in [-0.1, -0.05) is 24.3 Å². The lowest BCUT2D eigenvalue weighted by molar-refractivity contribution is -0.142. The van der Waals surface area contributed by atoms with Crippen molar-refractivity contribution in [2.75, 3.05) is 14.2 Å². The first-order valence-corrected chi connectivity index (χ1v) is 12.5. The van der Waals surface area contributed by atoms with Gasteiger partial charge in [-0.15, -0.1) is 0 Å². The number of carboxylic acids is 1. The predicted molar refractivity (Wildman–Crippen MR) is 140 cm³/mol. The summed E-state index contributed by atoms with van der Waals surface area (Å²) in [5, 5.41) is 21.3. The Hall–Kier alpha value is -3.25. The average molecular weight is 492 g/mol. The lowest BCUT2D eigenvalue weighted by atomic mass is 9.85.